The second-order valence-corrected chi connectivity index (χ2v) is 15.8. The minimum atomic E-state index is -0.368. The van der Waals surface area contributed by atoms with Crippen LogP contribution in [0.15, 0.2) is 224 Å². The fourth-order valence-electron chi connectivity index (χ4n) is 9.30. The molecule has 0 bridgehead atoms. The van der Waals surface area contributed by atoms with Crippen LogP contribution in [0.2, 0.25) is 0 Å². The zero-order valence-electron chi connectivity index (χ0n) is 33.7. The van der Waals surface area contributed by atoms with E-state index in [4.69, 9.17) is 5.73 Å². The summed E-state index contributed by atoms with van der Waals surface area (Å²) in [5.41, 5.74) is 19.6. The fourth-order valence-corrected chi connectivity index (χ4v) is 9.30. The lowest BCUT2D eigenvalue weighted by Gasteiger charge is -2.19. The molecule has 10 aromatic carbocycles. The third-order valence-electron chi connectivity index (χ3n) is 12.2. The fraction of sp³-hybridized carbons (Fsp3) is 0.0345. The highest BCUT2D eigenvalue weighted by Gasteiger charge is 2.21. The first kappa shape index (κ1) is 36.4. The molecular formula is C58H43N3. The first-order valence-corrected chi connectivity index (χ1v) is 21.1. The van der Waals surface area contributed by atoms with Gasteiger partial charge in [0.05, 0.1) is 11.0 Å². The van der Waals surface area contributed by atoms with Crippen LogP contribution < -0.4 is 11.1 Å². The number of nitrogens with one attached hydrogen (secondary N) is 1. The highest BCUT2D eigenvalue weighted by atomic mass is 15.0. The minimum absolute atomic E-state index is 0.368. The number of allylic oxidation sites excluding steroid dienone is 1. The molecule has 11 rings (SSSR count). The molecule has 290 valence electrons. The Morgan fingerprint density at radius 3 is 1.75 bits per heavy atom. The van der Waals surface area contributed by atoms with Crippen LogP contribution in [0.3, 0.4) is 0 Å². The van der Waals surface area contributed by atoms with Gasteiger partial charge < -0.3 is 15.6 Å². The lowest BCUT2D eigenvalue weighted by atomic mass is 9.88. The van der Waals surface area contributed by atoms with Crippen molar-refractivity contribution in [2.45, 2.75) is 12.6 Å². The van der Waals surface area contributed by atoms with Crippen molar-refractivity contribution in [1.82, 2.24) is 9.88 Å². The van der Waals surface area contributed by atoms with Crippen LogP contribution in [0.5, 0.6) is 0 Å². The molecule has 0 aliphatic carbocycles. The molecule has 0 aliphatic heterocycles. The maximum absolute atomic E-state index is 6.83. The predicted molar refractivity (Wildman–Crippen MR) is 259 cm³/mol. The van der Waals surface area contributed by atoms with Crippen molar-refractivity contribution in [2.24, 2.45) is 5.73 Å². The van der Waals surface area contributed by atoms with E-state index in [0.29, 0.717) is 0 Å². The van der Waals surface area contributed by atoms with Crippen molar-refractivity contribution in [3.8, 4) is 27.9 Å². The van der Waals surface area contributed by atoms with Crippen molar-refractivity contribution >= 4 is 59.8 Å². The maximum atomic E-state index is 6.83. The number of hydrogen-bond donors (Lipinski definition) is 2. The molecule has 0 saturated carbocycles. The monoisotopic (exact) mass is 781 g/mol. The van der Waals surface area contributed by atoms with Gasteiger partial charge in [0.1, 0.15) is 6.17 Å². The molecule has 1 atom stereocenters. The first-order valence-electron chi connectivity index (χ1n) is 21.1. The third-order valence-corrected chi connectivity index (χ3v) is 12.2. The predicted octanol–water partition coefficient (Wildman–Crippen LogP) is 14.4. The van der Waals surface area contributed by atoms with Crippen molar-refractivity contribution in [1.29, 1.82) is 0 Å². The van der Waals surface area contributed by atoms with E-state index in [0.717, 1.165) is 28.9 Å². The lowest BCUT2D eigenvalue weighted by Crippen LogP contribution is -2.27. The van der Waals surface area contributed by atoms with Gasteiger partial charge in [0, 0.05) is 32.9 Å². The van der Waals surface area contributed by atoms with Gasteiger partial charge >= 0.3 is 0 Å². The molecule has 11 aromatic rings. The van der Waals surface area contributed by atoms with Gasteiger partial charge in [-0.1, -0.05) is 200 Å². The van der Waals surface area contributed by atoms with Gasteiger partial charge in [0.2, 0.25) is 0 Å². The summed E-state index contributed by atoms with van der Waals surface area (Å²) in [4.78, 5) is 0. The zero-order valence-corrected chi connectivity index (χ0v) is 33.7. The molecule has 3 N–H and O–H groups in total. The van der Waals surface area contributed by atoms with Gasteiger partial charge in [-0.05, 0) is 91.2 Å². The molecule has 1 unspecified atom stereocenters. The number of nitrogens with two attached hydrogens (primary N) is 1. The van der Waals surface area contributed by atoms with E-state index in [1.54, 1.807) is 0 Å². The normalized spacial score (nSPS) is 12.4. The minimum Gasteiger partial charge on any atom is -0.366 e. The van der Waals surface area contributed by atoms with E-state index >= 15 is 0 Å². The summed E-state index contributed by atoms with van der Waals surface area (Å²) in [6.45, 7) is 0. The second kappa shape index (κ2) is 15.5. The molecule has 0 aliphatic rings. The zero-order chi connectivity index (χ0) is 40.7. The van der Waals surface area contributed by atoms with Gasteiger partial charge in [-0.3, -0.25) is 0 Å². The van der Waals surface area contributed by atoms with Crippen molar-refractivity contribution in [3.63, 3.8) is 0 Å². The van der Waals surface area contributed by atoms with Crippen LogP contribution >= 0.6 is 0 Å². The van der Waals surface area contributed by atoms with E-state index in [1.807, 2.05) is 12.1 Å². The molecule has 1 aromatic heterocycles. The summed E-state index contributed by atoms with van der Waals surface area (Å²) in [5, 5.41) is 13.8. The number of fused-ring (bicyclic) bond motifs is 10. The van der Waals surface area contributed by atoms with Crippen LogP contribution in [0.25, 0.3) is 87.8 Å². The summed E-state index contributed by atoms with van der Waals surface area (Å²) in [7, 11) is 0. The molecule has 3 heteroatoms. The smallest absolute Gasteiger partial charge is 0.101 e. The highest BCUT2D eigenvalue weighted by molar-refractivity contribution is 6.38. The molecular weight excluding hydrogens is 739 g/mol. The van der Waals surface area contributed by atoms with E-state index < -0.39 is 0 Å². The highest BCUT2D eigenvalue weighted by Crippen LogP contribution is 2.46. The third kappa shape index (κ3) is 6.53. The van der Waals surface area contributed by atoms with Gasteiger partial charge in [0.15, 0.2) is 0 Å². The molecule has 0 radical (unpaired) electrons. The number of nitrogens with zero attached hydrogens (tertiary/aromatic N) is 1. The average molecular weight is 782 g/mol. The number of rotatable bonds is 9. The Hall–Kier alpha value is -7.72. The molecule has 0 spiro atoms. The standard InChI is InChI=1S/C58H43N3/c59-58(44-35-33-41(34-36-44)40-16-4-1-5-17-40)60-53(43-18-6-2-7-19-43)37-30-39-28-31-42(32-29-39)51-38-52-47-23-11-13-25-49(47)57-56(55(52)48-24-12-10-22-46(48)51)50-26-14-15-27-54(50)61(57)45-20-8-3-9-21-45/h1-29,31-38,58,60H,30,59H2/b53-37-. The maximum Gasteiger partial charge on any atom is 0.101 e. The topological polar surface area (TPSA) is 43.0 Å². The quantitative estimate of drug-likeness (QED) is 0.113. The van der Waals surface area contributed by atoms with E-state index in [9.17, 15) is 0 Å². The Morgan fingerprint density at radius 2 is 1.03 bits per heavy atom. The molecule has 0 amide bonds. The van der Waals surface area contributed by atoms with Crippen LogP contribution in [0, 0.1) is 0 Å². The van der Waals surface area contributed by atoms with Gasteiger partial charge in [-0.15, -0.1) is 0 Å². The van der Waals surface area contributed by atoms with E-state index in [-0.39, 0.29) is 6.17 Å². The molecule has 61 heavy (non-hydrogen) atoms. The summed E-state index contributed by atoms with van der Waals surface area (Å²) < 4.78 is 2.46. The number of para-hydroxylation sites is 2. The van der Waals surface area contributed by atoms with E-state index in [1.165, 1.54) is 81.9 Å². The van der Waals surface area contributed by atoms with Crippen LogP contribution in [-0.4, -0.2) is 4.57 Å². The second-order valence-electron chi connectivity index (χ2n) is 15.8. The first-order chi connectivity index (χ1) is 30.2. The molecule has 3 nitrogen and oxygen atoms in total. The van der Waals surface area contributed by atoms with Crippen LogP contribution in [0.1, 0.15) is 22.9 Å². The van der Waals surface area contributed by atoms with Crippen molar-refractivity contribution < 1.29 is 0 Å². The van der Waals surface area contributed by atoms with Gasteiger partial charge in [0.25, 0.3) is 0 Å². The average Bonchev–Trinajstić information content (AvgIpc) is 3.69. The molecule has 1 heterocycles. The van der Waals surface area contributed by atoms with Crippen LogP contribution in [-0.2, 0) is 6.42 Å². The van der Waals surface area contributed by atoms with E-state index in [2.05, 4.69) is 222 Å². The number of benzene rings is 10. The molecule has 0 saturated heterocycles. The number of hydrogen-bond acceptors (Lipinski definition) is 2. The summed E-state index contributed by atoms with van der Waals surface area (Å²) >= 11 is 0. The van der Waals surface area contributed by atoms with Gasteiger partial charge in [-0.2, -0.15) is 0 Å². The Labute approximate surface area is 355 Å². The van der Waals surface area contributed by atoms with Crippen molar-refractivity contribution in [2.75, 3.05) is 0 Å². The molecule has 0 fully saturated rings. The SMILES string of the molecule is NC(N/C(=C\Cc1ccc(-c2cc3c4ccccc4c4c(c5ccccc5n4-c4ccccc4)c3c3ccccc23)cc1)c1ccccc1)c1ccc(-c2ccccc2)cc1. The number of aromatic nitrogens is 1. The summed E-state index contributed by atoms with van der Waals surface area (Å²) in [6, 6.07) is 78.5. The Morgan fingerprint density at radius 1 is 0.475 bits per heavy atom. The Kier molecular flexibility index (Phi) is 9.22. The van der Waals surface area contributed by atoms with Crippen LogP contribution in [0.4, 0.5) is 0 Å². The summed E-state index contributed by atoms with van der Waals surface area (Å²) in [6.07, 6.45) is 2.65. The Bertz CT molecular complexity index is 3380. The van der Waals surface area contributed by atoms with Crippen molar-refractivity contribution in [3.05, 3.63) is 241 Å². The largest absolute Gasteiger partial charge is 0.366 e. The van der Waals surface area contributed by atoms with Gasteiger partial charge in [-0.25, -0.2) is 0 Å². The Balaban J connectivity index is 0.980. The lowest BCUT2D eigenvalue weighted by molar-refractivity contribution is 0.666. The summed E-state index contributed by atoms with van der Waals surface area (Å²) in [5.74, 6) is 0.